The van der Waals surface area contributed by atoms with Crippen LogP contribution in [0.3, 0.4) is 0 Å². The first kappa shape index (κ1) is 23.8. The number of benzene rings is 1. The molecule has 2 N–H and O–H groups in total. The zero-order chi connectivity index (χ0) is 24.1. The van der Waals surface area contributed by atoms with E-state index in [0.29, 0.717) is 31.7 Å². The first-order chi connectivity index (χ1) is 15.4. The number of hydrogen-bond acceptors (Lipinski definition) is 5. The molecule has 1 aromatic carbocycles. The van der Waals surface area contributed by atoms with Gasteiger partial charge in [0.2, 0.25) is 10.0 Å². The highest BCUT2D eigenvalue weighted by Gasteiger charge is 2.45. The first-order valence-electron chi connectivity index (χ1n) is 10.3. The molecule has 2 aliphatic rings. The van der Waals surface area contributed by atoms with Crippen LogP contribution in [0, 0.1) is 17.5 Å². The minimum Gasteiger partial charge on any atom is -0.343 e. The standard InChI is InChI=1S/C20H22F3N3O5S2/c1-26-10-17(18(23)19(26)20(27)24-11-3-7-15(21)16(22)9-11)33(30,31)25-12-2-4-14(8-12)32(28,29)13-5-6-13/h3,7,9-10,12-14,25H,2,4-6,8H2,1H3,(H,24,27)/t12-,14?/m1/s1. The average molecular weight is 506 g/mol. The molecule has 13 heteroatoms. The van der Waals surface area contributed by atoms with Gasteiger partial charge in [0, 0.05) is 31.0 Å². The van der Waals surface area contributed by atoms with Gasteiger partial charge in [-0.3, -0.25) is 4.79 Å². The van der Waals surface area contributed by atoms with Crippen LogP contribution in [0.4, 0.5) is 18.9 Å². The van der Waals surface area contributed by atoms with E-state index in [4.69, 9.17) is 0 Å². The van der Waals surface area contributed by atoms with Crippen molar-refractivity contribution in [3.05, 3.63) is 47.5 Å². The van der Waals surface area contributed by atoms with Crippen LogP contribution in [0.5, 0.6) is 0 Å². The maximum absolute atomic E-state index is 15.0. The SMILES string of the molecule is Cn1cc(S(=O)(=O)N[C@@H]2CCC(S(=O)(=O)C3CC3)C2)c(F)c1C(=O)Nc1ccc(F)c(F)c1. The third-order valence-corrected chi connectivity index (χ3v) is 10.2. The molecule has 180 valence electrons. The summed E-state index contributed by atoms with van der Waals surface area (Å²) >= 11 is 0. The van der Waals surface area contributed by atoms with Gasteiger partial charge >= 0.3 is 0 Å². The molecule has 0 spiro atoms. The Kier molecular flexibility index (Phi) is 6.08. The Balaban J connectivity index is 1.50. The largest absolute Gasteiger partial charge is 0.343 e. The van der Waals surface area contributed by atoms with Gasteiger partial charge in [-0.25, -0.2) is 34.7 Å². The fourth-order valence-corrected chi connectivity index (χ4v) is 7.79. The molecule has 1 unspecified atom stereocenters. The monoisotopic (exact) mass is 505 g/mol. The number of hydrogen-bond donors (Lipinski definition) is 2. The molecule has 4 rings (SSSR count). The highest BCUT2D eigenvalue weighted by Crippen LogP contribution is 2.37. The molecule has 33 heavy (non-hydrogen) atoms. The zero-order valence-corrected chi connectivity index (χ0v) is 19.1. The van der Waals surface area contributed by atoms with Gasteiger partial charge < -0.3 is 9.88 Å². The minimum atomic E-state index is -4.40. The Morgan fingerprint density at radius 2 is 1.67 bits per heavy atom. The number of aryl methyl sites for hydroxylation is 1. The van der Waals surface area contributed by atoms with E-state index in [9.17, 15) is 30.4 Å². The van der Waals surface area contributed by atoms with Crippen molar-refractivity contribution < 1.29 is 34.8 Å². The zero-order valence-electron chi connectivity index (χ0n) is 17.5. The van der Waals surface area contributed by atoms with E-state index in [1.165, 1.54) is 7.05 Å². The molecule has 8 nitrogen and oxygen atoms in total. The number of aromatic nitrogens is 1. The summed E-state index contributed by atoms with van der Waals surface area (Å²) in [5.41, 5.74) is -0.767. The van der Waals surface area contributed by atoms with Crippen molar-refractivity contribution in [1.82, 2.24) is 9.29 Å². The van der Waals surface area contributed by atoms with Gasteiger partial charge in [-0.1, -0.05) is 0 Å². The Morgan fingerprint density at radius 3 is 2.30 bits per heavy atom. The molecular weight excluding hydrogens is 483 g/mol. The second-order valence-corrected chi connectivity index (χ2v) is 12.6. The summed E-state index contributed by atoms with van der Waals surface area (Å²) < 4.78 is 95.2. The lowest BCUT2D eigenvalue weighted by molar-refractivity contribution is 0.101. The van der Waals surface area contributed by atoms with E-state index in [-0.39, 0.29) is 17.4 Å². The lowest BCUT2D eigenvalue weighted by atomic mass is 10.3. The molecule has 1 aromatic heterocycles. The van der Waals surface area contributed by atoms with Crippen molar-refractivity contribution in [2.24, 2.45) is 7.05 Å². The Labute approximate surface area is 189 Å². The highest BCUT2D eigenvalue weighted by atomic mass is 32.2. The Bertz CT molecular complexity index is 1320. The molecule has 1 heterocycles. The minimum absolute atomic E-state index is 0.107. The lowest BCUT2D eigenvalue weighted by Gasteiger charge is -2.13. The molecule has 2 aliphatic carbocycles. The second kappa shape index (κ2) is 8.44. The Hall–Kier alpha value is -2.38. The first-order valence-corrected chi connectivity index (χ1v) is 13.4. The van der Waals surface area contributed by atoms with Gasteiger partial charge in [-0.2, -0.15) is 0 Å². The van der Waals surface area contributed by atoms with Crippen molar-refractivity contribution in [2.75, 3.05) is 5.32 Å². The molecule has 0 bridgehead atoms. The number of sulfonamides is 1. The molecular formula is C20H22F3N3O5S2. The fourth-order valence-electron chi connectivity index (χ4n) is 4.08. The van der Waals surface area contributed by atoms with Gasteiger partial charge in [-0.15, -0.1) is 0 Å². The fraction of sp³-hybridized carbons (Fsp3) is 0.450. The predicted octanol–water partition coefficient (Wildman–Crippen LogP) is 2.47. The molecule has 2 aromatic rings. The van der Waals surface area contributed by atoms with Crippen LogP contribution in [0.2, 0.25) is 0 Å². The van der Waals surface area contributed by atoms with Gasteiger partial charge in [0.15, 0.2) is 27.3 Å². The molecule has 2 saturated carbocycles. The molecule has 2 fully saturated rings. The van der Waals surface area contributed by atoms with Crippen molar-refractivity contribution in [1.29, 1.82) is 0 Å². The maximum Gasteiger partial charge on any atom is 0.275 e. The number of carbonyl (C=O) groups excluding carboxylic acids is 1. The molecule has 0 saturated heterocycles. The van der Waals surface area contributed by atoms with Gasteiger partial charge in [0.1, 0.15) is 10.6 Å². The van der Waals surface area contributed by atoms with Crippen molar-refractivity contribution >= 4 is 31.5 Å². The van der Waals surface area contributed by atoms with Crippen LogP contribution in [0.1, 0.15) is 42.6 Å². The number of carbonyl (C=O) groups is 1. The van der Waals surface area contributed by atoms with Gasteiger partial charge in [0.05, 0.1) is 10.5 Å². The van der Waals surface area contributed by atoms with E-state index in [1.54, 1.807) is 0 Å². The number of rotatable bonds is 7. The predicted molar refractivity (Wildman–Crippen MR) is 113 cm³/mol. The summed E-state index contributed by atoms with van der Waals surface area (Å²) in [5.74, 6) is -4.72. The van der Waals surface area contributed by atoms with E-state index >= 15 is 4.39 Å². The van der Waals surface area contributed by atoms with Crippen LogP contribution in [-0.4, -0.2) is 43.9 Å². The topological polar surface area (TPSA) is 114 Å². The highest BCUT2D eigenvalue weighted by molar-refractivity contribution is 7.93. The van der Waals surface area contributed by atoms with Crippen molar-refractivity contribution in [2.45, 2.75) is 53.5 Å². The molecule has 0 radical (unpaired) electrons. The maximum atomic E-state index is 15.0. The quantitative estimate of drug-likeness (QED) is 0.600. The average Bonchev–Trinajstić information content (AvgIpc) is 3.41. The van der Waals surface area contributed by atoms with E-state index in [1.807, 2.05) is 0 Å². The molecule has 1 amide bonds. The van der Waals surface area contributed by atoms with Crippen LogP contribution in [0.25, 0.3) is 0 Å². The number of anilines is 1. The number of nitrogens with one attached hydrogen (secondary N) is 2. The van der Waals surface area contributed by atoms with Crippen molar-refractivity contribution in [3.8, 4) is 0 Å². The summed E-state index contributed by atoms with van der Waals surface area (Å²) in [7, 11) is -6.43. The third kappa shape index (κ3) is 4.66. The van der Waals surface area contributed by atoms with Crippen LogP contribution < -0.4 is 10.0 Å². The summed E-state index contributed by atoms with van der Waals surface area (Å²) in [5, 5.41) is 1.22. The van der Waals surface area contributed by atoms with Gasteiger partial charge in [0.25, 0.3) is 5.91 Å². The van der Waals surface area contributed by atoms with Crippen LogP contribution in [0.15, 0.2) is 29.3 Å². The van der Waals surface area contributed by atoms with Crippen LogP contribution in [-0.2, 0) is 26.9 Å². The van der Waals surface area contributed by atoms with E-state index < -0.39 is 65.1 Å². The third-order valence-electron chi connectivity index (χ3n) is 5.93. The summed E-state index contributed by atoms with van der Waals surface area (Å²) in [6.07, 6.45) is 2.90. The smallest absolute Gasteiger partial charge is 0.275 e. The summed E-state index contributed by atoms with van der Waals surface area (Å²) in [4.78, 5) is 11.7. The second-order valence-electron chi connectivity index (χ2n) is 8.39. The van der Waals surface area contributed by atoms with E-state index in [0.717, 1.165) is 22.9 Å². The number of halogens is 3. The van der Waals surface area contributed by atoms with Gasteiger partial charge in [-0.05, 0) is 44.2 Å². The van der Waals surface area contributed by atoms with Crippen molar-refractivity contribution in [3.63, 3.8) is 0 Å². The number of amides is 1. The summed E-state index contributed by atoms with van der Waals surface area (Å²) in [6, 6.07) is 1.89. The number of sulfone groups is 1. The molecule has 0 aliphatic heterocycles. The Morgan fingerprint density at radius 1 is 1.00 bits per heavy atom. The summed E-state index contributed by atoms with van der Waals surface area (Å²) in [6.45, 7) is 0. The normalized spacial score (nSPS) is 21.3. The molecule has 2 atom stereocenters. The van der Waals surface area contributed by atoms with Crippen LogP contribution >= 0.6 is 0 Å². The van der Waals surface area contributed by atoms with E-state index in [2.05, 4.69) is 10.0 Å². The lowest BCUT2D eigenvalue weighted by Crippen LogP contribution is -2.34. The number of nitrogens with zero attached hydrogens (tertiary/aromatic N) is 1.